The lowest BCUT2D eigenvalue weighted by Gasteiger charge is -2.37. The molecule has 0 spiro atoms. The number of hydrogen-bond donors (Lipinski definition) is 3. The smallest absolute Gasteiger partial charge is 0.181 e. The average Bonchev–Trinajstić information content (AvgIpc) is 2.34. The first-order chi connectivity index (χ1) is 8.13. The lowest BCUT2D eigenvalue weighted by molar-refractivity contribution is -0.169. The van der Waals surface area contributed by atoms with E-state index in [9.17, 15) is 15.0 Å². The van der Waals surface area contributed by atoms with Crippen LogP contribution in [0.4, 0.5) is 0 Å². The maximum absolute atomic E-state index is 11.0. The van der Waals surface area contributed by atoms with Crippen LogP contribution in [0.15, 0.2) is 29.3 Å². The van der Waals surface area contributed by atoms with Crippen molar-refractivity contribution in [2.75, 3.05) is 13.2 Å². The van der Waals surface area contributed by atoms with Crippen molar-refractivity contribution in [3.05, 3.63) is 34.7 Å². The fraction of sp³-hybridized carbons (Fsp3) is 0.545. The Bertz CT molecular complexity index is 412. The third-order valence-corrected chi connectivity index (χ3v) is 2.99. The number of nitrogens with zero attached hydrogens (tertiary/aromatic N) is 1. The van der Waals surface area contributed by atoms with E-state index in [1.807, 2.05) is 0 Å². The van der Waals surface area contributed by atoms with Crippen molar-refractivity contribution in [2.24, 2.45) is 0 Å². The Hall–Kier alpha value is -1.21. The zero-order valence-electron chi connectivity index (χ0n) is 9.14. The summed E-state index contributed by atoms with van der Waals surface area (Å²) in [6.45, 7) is -0.165. The van der Waals surface area contributed by atoms with Crippen LogP contribution in [0.1, 0.15) is 6.04 Å². The molecular formula is C11H15NO5. The molecule has 1 aliphatic rings. The summed E-state index contributed by atoms with van der Waals surface area (Å²) in [4.78, 5) is 11.0. The first-order valence-corrected chi connectivity index (χ1v) is 5.40. The minimum absolute atomic E-state index is 0.124. The van der Waals surface area contributed by atoms with Crippen LogP contribution in [0.5, 0.6) is 0 Å². The Morgan fingerprint density at radius 1 is 1.29 bits per heavy atom. The molecule has 1 saturated heterocycles. The third kappa shape index (κ3) is 2.39. The number of ether oxygens (including phenoxy) is 1. The Kier molecular flexibility index (Phi) is 3.58. The average molecular weight is 241 g/mol. The van der Waals surface area contributed by atoms with E-state index in [0.29, 0.717) is 0 Å². The Morgan fingerprint density at radius 3 is 2.53 bits per heavy atom. The minimum atomic E-state index is -1.14. The fourth-order valence-electron chi connectivity index (χ4n) is 1.94. The zero-order chi connectivity index (χ0) is 12.4. The van der Waals surface area contributed by atoms with E-state index >= 15 is 0 Å². The highest BCUT2D eigenvalue weighted by Crippen LogP contribution is 2.23. The quantitative estimate of drug-likeness (QED) is 0.586. The lowest BCUT2D eigenvalue weighted by Crippen LogP contribution is -2.51. The second-order valence-corrected chi connectivity index (χ2v) is 4.08. The van der Waals surface area contributed by atoms with Gasteiger partial charge in [0.2, 0.25) is 0 Å². The van der Waals surface area contributed by atoms with Crippen LogP contribution in [0, 0.1) is 0 Å². The number of aliphatic hydroxyl groups excluding tert-OH is 3. The highest BCUT2D eigenvalue weighted by Gasteiger charge is 2.38. The number of aliphatic hydroxyl groups is 3. The van der Waals surface area contributed by atoms with Crippen molar-refractivity contribution in [1.82, 2.24) is 4.57 Å². The number of pyridine rings is 1. The van der Waals surface area contributed by atoms with Crippen LogP contribution < -0.4 is 5.43 Å². The van der Waals surface area contributed by atoms with E-state index in [1.54, 1.807) is 4.57 Å². The summed E-state index contributed by atoms with van der Waals surface area (Å²) >= 11 is 0. The molecule has 6 heteroatoms. The van der Waals surface area contributed by atoms with Crippen molar-refractivity contribution < 1.29 is 20.1 Å². The van der Waals surface area contributed by atoms with Gasteiger partial charge in [0.25, 0.3) is 0 Å². The molecule has 2 heterocycles. The summed E-state index contributed by atoms with van der Waals surface area (Å²) in [6, 6.07) is 2.28. The van der Waals surface area contributed by atoms with E-state index in [4.69, 9.17) is 9.84 Å². The van der Waals surface area contributed by atoms with Crippen LogP contribution in [0.3, 0.4) is 0 Å². The van der Waals surface area contributed by atoms with Crippen LogP contribution in [0.2, 0.25) is 0 Å². The van der Waals surface area contributed by atoms with E-state index in [2.05, 4.69) is 0 Å². The van der Waals surface area contributed by atoms with Crippen molar-refractivity contribution in [2.45, 2.75) is 24.4 Å². The summed E-state index contributed by atoms with van der Waals surface area (Å²) in [5.74, 6) is 0. The van der Waals surface area contributed by atoms with E-state index in [1.165, 1.54) is 24.5 Å². The number of aromatic nitrogens is 1. The Balaban J connectivity index is 2.18. The molecule has 6 nitrogen and oxygen atoms in total. The van der Waals surface area contributed by atoms with Gasteiger partial charge in [-0.15, -0.1) is 0 Å². The van der Waals surface area contributed by atoms with Gasteiger partial charge in [-0.2, -0.15) is 0 Å². The summed E-state index contributed by atoms with van der Waals surface area (Å²) in [6.07, 6.45) is 0.124. The molecule has 0 bridgehead atoms. The minimum Gasteiger partial charge on any atom is -0.394 e. The maximum atomic E-state index is 11.0. The molecule has 17 heavy (non-hydrogen) atoms. The molecule has 0 amide bonds. The zero-order valence-corrected chi connectivity index (χ0v) is 9.14. The SMILES string of the molecule is O=c1ccn([C@H]2CO[C@H](CO)[C@H](O)[C@@H]2O)cc1. The summed E-state index contributed by atoms with van der Waals surface area (Å²) in [7, 11) is 0. The van der Waals surface area contributed by atoms with Gasteiger partial charge in [0.1, 0.15) is 18.3 Å². The molecule has 1 aromatic rings. The number of rotatable bonds is 2. The van der Waals surface area contributed by atoms with Gasteiger partial charge in [0, 0.05) is 24.5 Å². The van der Waals surface area contributed by atoms with Crippen molar-refractivity contribution in [3.63, 3.8) is 0 Å². The van der Waals surface area contributed by atoms with Gasteiger partial charge in [-0.05, 0) is 0 Å². The monoisotopic (exact) mass is 241 g/mol. The van der Waals surface area contributed by atoms with Crippen LogP contribution in [0.25, 0.3) is 0 Å². The second kappa shape index (κ2) is 4.97. The van der Waals surface area contributed by atoms with Gasteiger partial charge < -0.3 is 24.6 Å². The van der Waals surface area contributed by atoms with Gasteiger partial charge in [-0.1, -0.05) is 0 Å². The highest BCUT2D eigenvalue weighted by molar-refractivity contribution is 4.99. The molecule has 1 aromatic heterocycles. The van der Waals surface area contributed by atoms with E-state index in [0.717, 1.165) is 0 Å². The molecule has 1 aliphatic heterocycles. The third-order valence-electron chi connectivity index (χ3n) is 2.99. The second-order valence-electron chi connectivity index (χ2n) is 4.08. The molecular weight excluding hydrogens is 226 g/mol. The van der Waals surface area contributed by atoms with E-state index < -0.39 is 24.4 Å². The largest absolute Gasteiger partial charge is 0.394 e. The summed E-state index contributed by atoms with van der Waals surface area (Å²) < 4.78 is 6.86. The standard InChI is InChI=1S/C11H15NO5/c13-5-9-11(16)10(15)8(6-17-9)12-3-1-7(14)2-4-12/h1-4,8-11,13,15-16H,5-6H2/t8-,9+,10+,11-/m0/s1. The molecule has 1 fully saturated rings. The predicted octanol–water partition coefficient (Wildman–Crippen LogP) is -1.50. The normalized spacial score (nSPS) is 33.6. The first kappa shape index (κ1) is 12.3. The molecule has 3 N–H and O–H groups in total. The first-order valence-electron chi connectivity index (χ1n) is 5.40. The van der Waals surface area contributed by atoms with Gasteiger partial charge in [-0.25, -0.2) is 0 Å². The van der Waals surface area contributed by atoms with Crippen molar-refractivity contribution in [3.8, 4) is 0 Å². The van der Waals surface area contributed by atoms with Gasteiger partial charge in [0.05, 0.1) is 19.3 Å². The Labute approximate surface area is 97.7 Å². The van der Waals surface area contributed by atoms with Gasteiger partial charge in [0.15, 0.2) is 5.43 Å². The van der Waals surface area contributed by atoms with Crippen molar-refractivity contribution in [1.29, 1.82) is 0 Å². The predicted molar refractivity (Wildman–Crippen MR) is 58.6 cm³/mol. The number of hydrogen-bond acceptors (Lipinski definition) is 5. The van der Waals surface area contributed by atoms with Crippen LogP contribution >= 0.6 is 0 Å². The molecule has 94 valence electrons. The molecule has 0 saturated carbocycles. The molecule has 0 aromatic carbocycles. The van der Waals surface area contributed by atoms with Crippen LogP contribution in [-0.2, 0) is 4.74 Å². The molecule has 0 aliphatic carbocycles. The maximum Gasteiger partial charge on any atom is 0.181 e. The highest BCUT2D eigenvalue weighted by atomic mass is 16.5. The molecule has 0 radical (unpaired) electrons. The van der Waals surface area contributed by atoms with Crippen LogP contribution in [-0.4, -0.2) is 51.4 Å². The van der Waals surface area contributed by atoms with Crippen molar-refractivity contribution >= 4 is 0 Å². The summed E-state index contributed by atoms with van der Waals surface area (Å²) in [5.41, 5.74) is -0.124. The topological polar surface area (TPSA) is 91.9 Å². The molecule has 2 rings (SSSR count). The van der Waals surface area contributed by atoms with Gasteiger partial charge >= 0.3 is 0 Å². The summed E-state index contributed by atoms with van der Waals surface area (Å²) in [5, 5.41) is 28.6. The Morgan fingerprint density at radius 2 is 1.94 bits per heavy atom. The molecule has 0 unspecified atom stereocenters. The molecule has 4 atom stereocenters. The van der Waals surface area contributed by atoms with E-state index in [-0.39, 0.29) is 18.6 Å². The fourth-order valence-corrected chi connectivity index (χ4v) is 1.94. The van der Waals surface area contributed by atoms with Gasteiger partial charge in [-0.3, -0.25) is 4.79 Å². The lowest BCUT2D eigenvalue weighted by atomic mass is 9.98.